The zero-order valence-electron chi connectivity index (χ0n) is 25.2. The number of hydrogen-bond donors (Lipinski definition) is 1. The van der Waals surface area contributed by atoms with Crippen molar-refractivity contribution in [1.29, 1.82) is 0 Å². The van der Waals surface area contributed by atoms with Crippen molar-refractivity contribution in [2.75, 3.05) is 19.8 Å². The molecule has 0 rings (SSSR count). The number of aliphatic hydroxyl groups excluding tert-OH is 1. The van der Waals surface area contributed by atoms with E-state index in [4.69, 9.17) is 9.84 Å². The maximum atomic E-state index is 8.77. The summed E-state index contributed by atoms with van der Waals surface area (Å²) < 4.78 is 5.83. The molecule has 0 bridgehead atoms. The molecule has 0 unspecified atom stereocenters. The zero-order valence-corrected chi connectivity index (χ0v) is 25.2. The Hall–Kier alpha value is -0.0800. The van der Waals surface area contributed by atoms with Gasteiger partial charge in [-0.1, -0.05) is 180 Å². The fourth-order valence-electron chi connectivity index (χ4n) is 5.29. The molecule has 0 saturated heterocycles. The topological polar surface area (TPSA) is 29.5 Å². The second-order valence-electron chi connectivity index (χ2n) is 11.6. The summed E-state index contributed by atoms with van der Waals surface area (Å²) in [6.45, 7) is 4.62. The van der Waals surface area contributed by atoms with E-state index in [0.717, 1.165) is 19.6 Å². The van der Waals surface area contributed by atoms with Gasteiger partial charge in [0, 0.05) is 19.8 Å². The molecule has 2 heteroatoms. The Morgan fingerprint density at radius 3 is 0.778 bits per heavy atom. The highest BCUT2D eigenvalue weighted by Gasteiger charge is 1.97. The lowest BCUT2D eigenvalue weighted by Crippen LogP contribution is -1.97. The summed E-state index contributed by atoms with van der Waals surface area (Å²) in [5.41, 5.74) is 0. The summed E-state index contributed by atoms with van der Waals surface area (Å²) in [7, 11) is 0. The molecule has 0 aliphatic heterocycles. The predicted molar refractivity (Wildman–Crippen MR) is 162 cm³/mol. The first-order valence-electron chi connectivity index (χ1n) is 17.1. The Bertz CT molecular complexity index is 323. The number of rotatable bonds is 33. The molecule has 0 heterocycles. The highest BCUT2D eigenvalue weighted by atomic mass is 16.5. The van der Waals surface area contributed by atoms with E-state index in [1.54, 1.807) is 0 Å². The van der Waals surface area contributed by atoms with E-state index < -0.39 is 0 Å². The first-order chi connectivity index (χ1) is 17.9. The van der Waals surface area contributed by atoms with E-state index in [0.29, 0.717) is 6.61 Å². The Kier molecular flexibility index (Phi) is 34.8. The number of ether oxygens (including phenoxy) is 1. The van der Waals surface area contributed by atoms with Crippen LogP contribution in [0.25, 0.3) is 0 Å². The van der Waals surface area contributed by atoms with Crippen LogP contribution in [0, 0.1) is 0 Å². The summed E-state index contributed by atoms with van der Waals surface area (Å²) in [4.78, 5) is 0. The molecule has 0 aliphatic carbocycles. The minimum atomic E-state index is 0.363. The molecule has 0 aromatic carbocycles. The molecule has 0 atom stereocenters. The highest BCUT2D eigenvalue weighted by molar-refractivity contribution is 4.51. The first-order valence-corrected chi connectivity index (χ1v) is 17.1. The maximum Gasteiger partial charge on any atom is 0.0466 e. The van der Waals surface area contributed by atoms with Gasteiger partial charge in [0.1, 0.15) is 0 Å². The SMILES string of the molecule is CCCCCCCCCCCCCCCCCCCCCCOCCCCCCCCCCCCO. The van der Waals surface area contributed by atoms with Crippen LogP contribution in [-0.4, -0.2) is 24.9 Å². The minimum absolute atomic E-state index is 0.363. The lowest BCUT2D eigenvalue weighted by molar-refractivity contribution is 0.125. The quantitative estimate of drug-likeness (QED) is 0.0889. The molecule has 0 aromatic heterocycles. The highest BCUT2D eigenvalue weighted by Crippen LogP contribution is 2.15. The van der Waals surface area contributed by atoms with Gasteiger partial charge < -0.3 is 9.84 Å². The molecule has 0 saturated carbocycles. The lowest BCUT2D eigenvalue weighted by atomic mass is 10.0. The number of unbranched alkanes of at least 4 members (excludes halogenated alkanes) is 28. The molecule has 0 amide bonds. The lowest BCUT2D eigenvalue weighted by Gasteiger charge is -2.05. The van der Waals surface area contributed by atoms with E-state index in [9.17, 15) is 0 Å². The van der Waals surface area contributed by atoms with Gasteiger partial charge in [-0.15, -0.1) is 0 Å². The largest absolute Gasteiger partial charge is 0.396 e. The van der Waals surface area contributed by atoms with Gasteiger partial charge in [-0.3, -0.25) is 0 Å². The van der Waals surface area contributed by atoms with Crippen molar-refractivity contribution in [2.45, 2.75) is 200 Å². The van der Waals surface area contributed by atoms with E-state index in [2.05, 4.69) is 6.92 Å². The number of hydrogen-bond acceptors (Lipinski definition) is 2. The molecular formula is C34H70O2. The van der Waals surface area contributed by atoms with Crippen LogP contribution in [-0.2, 0) is 4.74 Å². The van der Waals surface area contributed by atoms with E-state index in [1.165, 1.54) is 186 Å². The molecular weight excluding hydrogens is 440 g/mol. The molecule has 36 heavy (non-hydrogen) atoms. The van der Waals surface area contributed by atoms with Crippen molar-refractivity contribution >= 4 is 0 Å². The third-order valence-electron chi connectivity index (χ3n) is 7.84. The Morgan fingerprint density at radius 1 is 0.306 bits per heavy atom. The number of aliphatic hydroxyl groups is 1. The average molecular weight is 511 g/mol. The van der Waals surface area contributed by atoms with Gasteiger partial charge in [0.25, 0.3) is 0 Å². The molecule has 0 fully saturated rings. The summed E-state index contributed by atoms with van der Waals surface area (Å²) in [6.07, 6.45) is 41.8. The van der Waals surface area contributed by atoms with Crippen LogP contribution in [0.15, 0.2) is 0 Å². The smallest absolute Gasteiger partial charge is 0.0466 e. The fourth-order valence-corrected chi connectivity index (χ4v) is 5.29. The second-order valence-corrected chi connectivity index (χ2v) is 11.6. The molecule has 2 nitrogen and oxygen atoms in total. The van der Waals surface area contributed by atoms with Crippen molar-refractivity contribution < 1.29 is 9.84 Å². The first kappa shape index (κ1) is 35.9. The third kappa shape index (κ3) is 33.9. The Labute approximate surface area is 229 Å². The maximum absolute atomic E-state index is 8.77. The van der Waals surface area contributed by atoms with Crippen molar-refractivity contribution in [3.8, 4) is 0 Å². The standard InChI is InChI=1S/C34H70O2/c1-2-3-4-5-6-7-8-9-10-11-12-13-14-15-16-18-21-24-27-30-33-36-34-31-28-25-22-19-17-20-23-26-29-32-35/h35H,2-34H2,1H3. The van der Waals surface area contributed by atoms with Crippen LogP contribution >= 0.6 is 0 Å². The Balaban J connectivity index is 3.00. The molecule has 0 aromatic rings. The fraction of sp³-hybridized carbons (Fsp3) is 1.00. The van der Waals surface area contributed by atoms with Crippen LogP contribution in [0.2, 0.25) is 0 Å². The summed E-state index contributed by atoms with van der Waals surface area (Å²) in [5.74, 6) is 0. The summed E-state index contributed by atoms with van der Waals surface area (Å²) in [5, 5.41) is 8.77. The third-order valence-corrected chi connectivity index (χ3v) is 7.84. The van der Waals surface area contributed by atoms with E-state index in [1.807, 2.05) is 0 Å². The van der Waals surface area contributed by atoms with Gasteiger partial charge >= 0.3 is 0 Å². The average Bonchev–Trinajstić information content (AvgIpc) is 2.89. The van der Waals surface area contributed by atoms with Crippen molar-refractivity contribution in [1.82, 2.24) is 0 Å². The molecule has 0 radical (unpaired) electrons. The van der Waals surface area contributed by atoms with Crippen LogP contribution in [0.3, 0.4) is 0 Å². The van der Waals surface area contributed by atoms with Crippen LogP contribution in [0.1, 0.15) is 200 Å². The summed E-state index contributed by atoms with van der Waals surface area (Å²) >= 11 is 0. The molecule has 1 N–H and O–H groups in total. The van der Waals surface area contributed by atoms with Gasteiger partial charge in [-0.2, -0.15) is 0 Å². The molecule has 0 aliphatic rings. The van der Waals surface area contributed by atoms with E-state index in [-0.39, 0.29) is 0 Å². The summed E-state index contributed by atoms with van der Waals surface area (Å²) in [6, 6.07) is 0. The minimum Gasteiger partial charge on any atom is -0.396 e. The van der Waals surface area contributed by atoms with Crippen molar-refractivity contribution in [3.05, 3.63) is 0 Å². The monoisotopic (exact) mass is 511 g/mol. The van der Waals surface area contributed by atoms with Gasteiger partial charge in [-0.25, -0.2) is 0 Å². The zero-order chi connectivity index (χ0) is 26.0. The van der Waals surface area contributed by atoms with Gasteiger partial charge in [0.05, 0.1) is 0 Å². The van der Waals surface area contributed by atoms with Crippen LogP contribution in [0.5, 0.6) is 0 Å². The normalized spacial score (nSPS) is 11.5. The molecule has 0 spiro atoms. The van der Waals surface area contributed by atoms with E-state index >= 15 is 0 Å². The molecule has 218 valence electrons. The van der Waals surface area contributed by atoms with Crippen molar-refractivity contribution in [3.63, 3.8) is 0 Å². The van der Waals surface area contributed by atoms with Crippen LogP contribution in [0.4, 0.5) is 0 Å². The van der Waals surface area contributed by atoms with Crippen molar-refractivity contribution in [2.24, 2.45) is 0 Å². The second kappa shape index (κ2) is 34.9. The van der Waals surface area contributed by atoms with Gasteiger partial charge in [0.2, 0.25) is 0 Å². The van der Waals surface area contributed by atoms with Gasteiger partial charge in [-0.05, 0) is 19.3 Å². The Morgan fingerprint density at radius 2 is 0.528 bits per heavy atom. The predicted octanol–water partition coefficient (Wildman–Crippen LogP) is 11.7. The van der Waals surface area contributed by atoms with Crippen LogP contribution < -0.4 is 0 Å². The van der Waals surface area contributed by atoms with Gasteiger partial charge in [0.15, 0.2) is 0 Å².